The van der Waals surface area contributed by atoms with Gasteiger partial charge in [0.2, 0.25) is 0 Å². The summed E-state index contributed by atoms with van der Waals surface area (Å²) in [5, 5.41) is 0.705. The first kappa shape index (κ1) is 12.1. The monoisotopic (exact) mass is 249 g/mol. The standard InChI is InChI=1S/C13H16ClN3/c1-2-6-17-7-5-16-13(17)11-4-3-10(9-15)8-12(11)14/h3-5,7-8H,2,6,9,15H2,1H3. The number of hydrogen-bond donors (Lipinski definition) is 1. The number of benzene rings is 1. The van der Waals surface area contributed by atoms with E-state index in [2.05, 4.69) is 16.5 Å². The van der Waals surface area contributed by atoms with Crippen molar-refractivity contribution in [2.45, 2.75) is 26.4 Å². The van der Waals surface area contributed by atoms with Crippen molar-refractivity contribution in [1.82, 2.24) is 9.55 Å². The number of nitrogens with zero attached hydrogens (tertiary/aromatic N) is 2. The van der Waals surface area contributed by atoms with Gasteiger partial charge in [0.15, 0.2) is 0 Å². The van der Waals surface area contributed by atoms with Crippen LogP contribution in [0.25, 0.3) is 11.4 Å². The van der Waals surface area contributed by atoms with Crippen LogP contribution in [0.2, 0.25) is 5.02 Å². The van der Waals surface area contributed by atoms with Gasteiger partial charge in [0.1, 0.15) is 5.82 Å². The van der Waals surface area contributed by atoms with Gasteiger partial charge < -0.3 is 10.3 Å². The summed E-state index contributed by atoms with van der Waals surface area (Å²) in [4.78, 5) is 4.37. The van der Waals surface area contributed by atoms with E-state index in [1.165, 1.54) is 0 Å². The maximum atomic E-state index is 6.26. The molecule has 0 amide bonds. The topological polar surface area (TPSA) is 43.8 Å². The number of hydrogen-bond acceptors (Lipinski definition) is 2. The van der Waals surface area contributed by atoms with Gasteiger partial charge in [0.25, 0.3) is 0 Å². The fourth-order valence-corrected chi connectivity index (χ4v) is 2.13. The molecule has 0 radical (unpaired) electrons. The lowest BCUT2D eigenvalue weighted by Gasteiger charge is -2.09. The van der Waals surface area contributed by atoms with Crippen molar-refractivity contribution in [3.05, 3.63) is 41.2 Å². The third-order valence-electron chi connectivity index (χ3n) is 2.69. The van der Waals surface area contributed by atoms with E-state index in [1.54, 1.807) is 6.20 Å². The van der Waals surface area contributed by atoms with Crippen LogP contribution in [0, 0.1) is 0 Å². The van der Waals surface area contributed by atoms with Crippen molar-refractivity contribution in [2.24, 2.45) is 5.73 Å². The van der Waals surface area contributed by atoms with Crippen LogP contribution >= 0.6 is 11.6 Å². The Hall–Kier alpha value is -1.32. The highest BCUT2D eigenvalue weighted by Gasteiger charge is 2.09. The third kappa shape index (κ3) is 2.51. The maximum Gasteiger partial charge on any atom is 0.141 e. The van der Waals surface area contributed by atoms with E-state index in [9.17, 15) is 0 Å². The van der Waals surface area contributed by atoms with E-state index >= 15 is 0 Å². The number of nitrogens with two attached hydrogens (primary N) is 1. The van der Waals surface area contributed by atoms with Crippen LogP contribution in [0.3, 0.4) is 0 Å². The average Bonchev–Trinajstić information content (AvgIpc) is 2.77. The summed E-state index contributed by atoms with van der Waals surface area (Å²) >= 11 is 6.26. The summed E-state index contributed by atoms with van der Waals surface area (Å²) in [5.74, 6) is 0.917. The molecule has 0 fully saturated rings. The molecule has 2 rings (SSSR count). The van der Waals surface area contributed by atoms with Crippen molar-refractivity contribution in [2.75, 3.05) is 0 Å². The smallest absolute Gasteiger partial charge is 0.141 e. The van der Waals surface area contributed by atoms with Crippen LogP contribution < -0.4 is 5.73 Å². The number of rotatable bonds is 4. The molecule has 2 aromatic rings. The Morgan fingerprint density at radius 1 is 1.41 bits per heavy atom. The molecule has 1 aromatic carbocycles. The molecular formula is C13H16ClN3. The van der Waals surface area contributed by atoms with E-state index in [4.69, 9.17) is 17.3 Å². The van der Waals surface area contributed by atoms with Crippen molar-refractivity contribution >= 4 is 11.6 Å². The molecule has 0 saturated heterocycles. The number of aryl methyl sites for hydroxylation is 1. The van der Waals surface area contributed by atoms with E-state index in [-0.39, 0.29) is 0 Å². The molecule has 3 nitrogen and oxygen atoms in total. The Kier molecular flexibility index (Phi) is 3.82. The third-order valence-corrected chi connectivity index (χ3v) is 3.00. The molecule has 0 unspecified atom stereocenters. The van der Waals surface area contributed by atoms with E-state index in [0.29, 0.717) is 11.6 Å². The Bertz CT molecular complexity index is 505. The SMILES string of the molecule is CCCn1ccnc1-c1ccc(CN)cc1Cl. The predicted octanol–water partition coefficient (Wildman–Crippen LogP) is 3.07. The van der Waals surface area contributed by atoms with Gasteiger partial charge in [-0.3, -0.25) is 0 Å². The second-order valence-electron chi connectivity index (χ2n) is 3.96. The predicted molar refractivity (Wildman–Crippen MR) is 70.9 cm³/mol. The Balaban J connectivity index is 2.42. The molecule has 0 aliphatic heterocycles. The van der Waals surface area contributed by atoms with Crippen LogP contribution in [0.5, 0.6) is 0 Å². The van der Waals surface area contributed by atoms with Gasteiger partial charge in [-0.05, 0) is 24.1 Å². The minimum absolute atomic E-state index is 0.503. The lowest BCUT2D eigenvalue weighted by molar-refractivity contribution is 0.685. The van der Waals surface area contributed by atoms with Gasteiger partial charge >= 0.3 is 0 Å². The van der Waals surface area contributed by atoms with Crippen molar-refractivity contribution in [3.8, 4) is 11.4 Å². The number of aromatic nitrogens is 2. The van der Waals surface area contributed by atoms with Crippen LogP contribution in [0.15, 0.2) is 30.6 Å². The normalized spacial score (nSPS) is 10.8. The molecule has 0 saturated carbocycles. The highest BCUT2D eigenvalue weighted by Crippen LogP contribution is 2.27. The summed E-state index contributed by atoms with van der Waals surface area (Å²) in [6.07, 6.45) is 4.85. The van der Waals surface area contributed by atoms with Crippen molar-refractivity contribution < 1.29 is 0 Å². The highest BCUT2D eigenvalue weighted by atomic mass is 35.5. The minimum atomic E-state index is 0.503. The molecule has 0 aliphatic carbocycles. The Morgan fingerprint density at radius 2 is 2.24 bits per heavy atom. The summed E-state index contributed by atoms with van der Waals surface area (Å²) in [6, 6.07) is 5.88. The summed E-state index contributed by atoms with van der Waals surface area (Å²) in [6.45, 7) is 3.59. The molecule has 0 spiro atoms. The lowest BCUT2D eigenvalue weighted by atomic mass is 10.1. The van der Waals surface area contributed by atoms with Crippen LogP contribution in [-0.2, 0) is 13.1 Å². The fraction of sp³-hybridized carbons (Fsp3) is 0.308. The minimum Gasteiger partial charge on any atom is -0.331 e. The summed E-state index contributed by atoms with van der Waals surface area (Å²) in [7, 11) is 0. The van der Waals surface area contributed by atoms with Crippen LogP contribution in [0.4, 0.5) is 0 Å². The second kappa shape index (κ2) is 5.34. The zero-order valence-electron chi connectivity index (χ0n) is 9.86. The number of imidazole rings is 1. The molecule has 0 atom stereocenters. The van der Waals surface area contributed by atoms with Crippen LogP contribution in [-0.4, -0.2) is 9.55 Å². The van der Waals surface area contributed by atoms with Gasteiger partial charge in [-0.15, -0.1) is 0 Å². The highest BCUT2D eigenvalue weighted by molar-refractivity contribution is 6.33. The van der Waals surface area contributed by atoms with Gasteiger partial charge in [0, 0.05) is 31.0 Å². The Labute approximate surface area is 106 Å². The van der Waals surface area contributed by atoms with Crippen LogP contribution in [0.1, 0.15) is 18.9 Å². The molecule has 0 aliphatic rings. The molecule has 1 heterocycles. The van der Waals surface area contributed by atoms with E-state index in [0.717, 1.165) is 29.9 Å². The fourth-order valence-electron chi connectivity index (χ4n) is 1.84. The molecule has 4 heteroatoms. The van der Waals surface area contributed by atoms with E-state index < -0.39 is 0 Å². The first-order chi connectivity index (χ1) is 8.26. The molecular weight excluding hydrogens is 234 g/mol. The summed E-state index contributed by atoms with van der Waals surface area (Å²) < 4.78 is 2.11. The van der Waals surface area contributed by atoms with Crippen molar-refractivity contribution in [1.29, 1.82) is 0 Å². The summed E-state index contributed by atoms with van der Waals surface area (Å²) in [5.41, 5.74) is 7.58. The van der Waals surface area contributed by atoms with Gasteiger partial charge in [-0.2, -0.15) is 0 Å². The van der Waals surface area contributed by atoms with E-state index in [1.807, 2.05) is 24.4 Å². The van der Waals surface area contributed by atoms with Crippen molar-refractivity contribution in [3.63, 3.8) is 0 Å². The molecule has 2 N–H and O–H groups in total. The number of halogens is 1. The quantitative estimate of drug-likeness (QED) is 0.905. The molecule has 1 aromatic heterocycles. The average molecular weight is 250 g/mol. The van der Waals surface area contributed by atoms with Gasteiger partial charge in [0.05, 0.1) is 5.02 Å². The Morgan fingerprint density at radius 3 is 2.88 bits per heavy atom. The van der Waals surface area contributed by atoms with Gasteiger partial charge in [-0.25, -0.2) is 4.98 Å². The first-order valence-corrected chi connectivity index (χ1v) is 6.14. The zero-order valence-corrected chi connectivity index (χ0v) is 10.6. The molecule has 0 bridgehead atoms. The molecule has 17 heavy (non-hydrogen) atoms. The second-order valence-corrected chi connectivity index (χ2v) is 4.37. The molecule has 90 valence electrons. The van der Waals surface area contributed by atoms with Gasteiger partial charge in [-0.1, -0.05) is 24.6 Å². The maximum absolute atomic E-state index is 6.26. The first-order valence-electron chi connectivity index (χ1n) is 5.76. The zero-order chi connectivity index (χ0) is 12.3. The largest absolute Gasteiger partial charge is 0.331 e. The lowest BCUT2D eigenvalue weighted by Crippen LogP contribution is -2.00.